The molecule has 0 unspecified atom stereocenters. The molecular weight excluding hydrogens is 384 g/mol. The summed E-state index contributed by atoms with van der Waals surface area (Å²) in [5, 5.41) is 23.2. The summed E-state index contributed by atoms with van der Waals surface area (Å²) in [7, 11) is 0. The van der Waals surface area contributed by atoms with Crippen molar-refractivity contribution < 1.29 is 10.2 Å². The topological polar surface area (TPSA) is 55.7 Å². The maximum atomic E-state index is 9.87. The van der Waals surface area contributed by atoms with Gasteiger partial charge in [-0.1, -0.05) is 50.1 Å². The normalized spacial score (nSPS) is 15.9. The molecule has 0 fully saturated rings. The van der Waals surface area contributed by atoms with Crippen molar-refractivity contribution in [1.29, 1.82) is 0 Å². The standard InChI is InChI=1S/C27H40N2O2/c1-2-17-29(25-13-12-23-20-26(30)27(31)21-24(23)19-25)18-9-4-3-8-15-28-16-14-22-10-6-5-7-11-22/h5-7,10-11,20-21,25,28,30-31H,2-4,8-9,12-19H2,1H3/t25-/m0/s1. The van der Waals surface area contributed by atoms with Gasteiger partial charge in [0, 0.05) is 6.04 Å². The predicted molar refractivity (Wildman–Crippen MR) is 129 cm³/mol. The third kappa shape index (κ3) is 7.55. The second kappa shape index (κ2) is 12.7. The van der Waals surface area contributed by atoms with Crippen molar-refractivity contribution in [2.24, 2.45) is 0 Å². The van der Waals surface area contributed by atoms with E-state index in [9.17, 15) is 10.2 Å². The number of fused-ring (bicyclic) bond motifs is 1. The first-order valence-electron chi connectivity index (χ1n) is 12.2. The van der Waals surface area contributed by atoms with Crippen molar-refractivity contribution in [3.05, 3.63) is 59.2 Å². The van der Waals surface area contributed by atoms with Gasteiger partial charge in [-0.15, -0.1) is 0 Å². The number of hydrogen-bond donors (Lipinski definition) is 3. The van der Waals surface area contributed by atoms with Crippen molar-refractivity contribution in [2.45, 2.75) is 70.8 Å². The fourth-order valence-corrected chi connectivity index (χ4v) is 4.76. The summed E-state index contributed by atoms with van der Waals surface area (Å²) < 4.78 is 0. The highest BCUT2D eigenvalue weighted by molar-refractivity contribution is 5.46. The van der Waals surface area contributed by atoms with Gasteiger partial charge < -0.3 is 20.4 Å². The van der Waals surface area contributed by atoms with E-state index in [0.717, 1.165) is 45.3 Å². The molecule has 3 N–H and O–H groups in total. The highest BCUT2D eigenvalue weighted by Gasteiger charge is 2.24. The molecule has 1 atom stereocenters. The summed E-state index contributed by atoms with van der Waals surface area (Å²) in [4.78, 5) is 2.66. The summed E-state index contributed by atoms with van der Waals surface area (Å²) in [6.07, 6.45) is 10.5. The SMILES string of the molecule is CCCN(CCCCCCNCCc1ccccc1)[C@H]1CCc2cc(O)c(O)cc2C1. The summed E-state index contributed by atoms with van der Waals surface area (Å²) in [5.74, 6) is 0.0241. The van der Waals surface area contributed by atoms with Gasteiger partial charge in [0.05, 0.1) is 0 Å². The van der Waals surface area contributed by atoms with Crippen LogP contribution in [0.4, 0.5) is 0 Å². The monoisotopic (exact) mass is 424 g/mol. The Bertz CT molecular complexity index is 778. The Hall–Kier alpha value is -2.04. The van der Waals surface area contributed by atoms with Crippen molar-refractivity contribution in [3.63, 3.8) is 0 Å². The van der Waals surface area contributed by atoms with Gasteiger partial charge in [0.15, 0.2) is 11.5 Å². The first-order chi connectivity index (χ1) is 15.2. The summed E-state index contributed by atoms with van der Waals surface area (Å²) in [6.45, 7) is 6.74. The molecule has 0 heterocycles. The number of benzene rings is 2. The van der Waals surface area contributed by atoms with Crippen LogP contribution in [0.5, 0.6) is 11.5 Å². The summed E-state index contributed by atoms with van der Waals surface area (Å²) >= 11 is 0. The van der Waals surface area contributed by atoms with Crippen LogP contribution in [0, 0.1) is 0 Å². The molecule has 0 aromatic heterocycles. The maximum absolute atomic E-state index is 9.87. The van der Waals surface area contributed by atoms with E-state index in [2.05, 4.69) is 47.5 Å². The van der Waals surface area contributed by atoms with E-state index >= 15 is 0 Å². The molecule has 2 aromatic rings. The first kappa shape index (κ1) is 23.6. The Labute approximate surface area is 188 Å². The Morgan fingerprint density at radius 2 is 1.65 bits per heavy atom. The predicted octanol–water partition coefficient (Wildman–Crippen LogP) is 5.06. The average molecular weight is 425 g/mol. The molecular formula is C27H40N2O2. The number of phenolic OH excluding ortho intramolecular Hbond substituents is 2. The van der Waals surface area contributed by atoms with Crippen LogP contribution in [0.25, 0.3) is 0 Å². The van der Waals surface area contributed by atoms with E-state index in [1.54, 1.807) is 12.1 Å². The van der Waals surface area contributed by atoms with E-state index in [1.807, 2.05) is 0 Å². The van der Waals surface area contributed by atoms with Crippen molar-refractivity contribution in [1.82, 2.24) is 10.2 Å². The minimum Gasteiger partial charge on any atom is -0.504 e. The van der Waals surface area contributed by atoms with E-state index in [-0.39, 0.29) is 11.5 Å². The highest BCUT2D eigenvalue weighted by Crippen LogP contribution is 2.33. The third-order valence-electron chi connectivity index (χ3n) is 6.51. The molecule has 0 spiro atoms. The number of rotatable bonds is 13. The van der Waals surface area contributed by atoms with Crippen LogP contribution in [-0.2, 0) is 19.3 Å². The second-order valence-corrected chi connectivity index (χ2v) is 8.94. The van der Waals surface area contributed by atoms with Crippen LogP contribution >= 0.6 is 0 Å². The summed E-state index contributed by atoms with van der Waals surface area (Å²) in [6, 6.07) is 14.8. The Balaban J connectivity index is 1.31. The maximum Gasteiger partial charge on any atom is 0.157 e. The minimum absolute atomic E-state index is 0.0113. The highest BCUT2D eigenvalue weighted by atomic mass is 16.3. The molecule has 0 saturated carbocycles. The van der Waals surface area contributed by atoms with Crippen LogP contribution in [-0.4, -0.2) is 47.3 Å². The molecule has 0 aliphatic heterocycles. The van der Waals surface area contributed by atoms with Gasteiger partial charge >= 0.3 is 0 Å². The number of nitrogens with one attached hydrogen (secondary N) is 1. The summed E-state index contributed by atoms with van der Waals surface area (Å²) in [5.41, 5.74) is 3.81. The fraction of sp³-hybridized carbons (Fsp3) is 0.556. The molecule has 4 nitrogen and oxygen atoms in total. The van der Waals surface area contributed by atoms with Crippen LogP contribution in [0.3, 0.4) is 0 Å². The molecule has 170 valence electrons. The van der Waals surface area contributed by atoms with Crippen LogP contribution in [0.15, 0.2) is 42.5 Å². The van der Waals surface area contributed by atoms with Crippen LogP contribution in [0.1, 0.15) is 62.1 Å². The van der Waals surface area contributed by atoms with Crippen molar-refractivity contribution in [3.8, 4) is 11.5 Å². The Morgan fingerprint density at radius 3 is 2.42 bits per heavy atom. The minimum atomic E-state index is 0.0113. The lowest BCUT2D eigenvalue weighted by atomic mass is 9.87. The zero-order valence-electron chi connectivity index (χ0n) is 19.2. The lowest BCUT2D eigenvalue weighted by Gasteiger charge is -2.35. The van der Waals surface area contributed by atoms with Gasteiger partial charge in [0.1, 0.15) is 0 Å². The van der Waals surface area contributed by atoms with Crippen molar-refractivity contribution in [2.75, 3.05) is 26.2 Å². The number of aryl methyl sites for hydroxylation is 1. The number of phenols is 2. The molecule has 2 aromatic carbocycles. The molecule has 3 rings (SSSR count). The zero-order valence-corrected chi connectivity index (χ0v) is 19.2. The number of hydrogen-bond acceptors (Lipinski definition) is 4. The van der Waals surface area contributed by atoms with Crippen molar-refractivity contribution >= 4 is 0 Å². The van der Waals surface area contributed by atoms with Gasteiger partial charge in [0.25, 0.3) is 0 Å². The van der Waals surface area contributed by atoms with Gasteiger partial charge in [-0.3, -0.25) is 0 Å². The smallest absolute Gasteiger partial charge is 0.157 e. The van der Waals surface area contributed by atoms with Gasteiger partial charge in [-0.2, -0.15) is 0 Å². The molecule has 4 heteroatoms. The third-order valence-corrected chi connectivity index (χ3v) is 6.51. The van der Waals surface area contributed by atoms with E-state index in [4.69, 9.17) is 0 Å². The Morgan fingerprint density at radius 1 is 0.903 bits per heavy atom. The quantitative estimate of drug-likeness (QED) is 0.311. The average Bonchev–Trinajstić information content (AvgIpc) is 2.78. The van der Waals surface area contributed by atoms with Crippen LogP contribution in [0.2, 0.25) is 0 Å². The molecule has 31 heavy (non-hydrogen) atoms. The molecule has 0 bridgehead atoms. The van der Waals surface area contributed by atoms with Crippen LogP contribution < -0.4 is 5.32 Å². The van der Waals surface area contributed by atoms with E-state index in [1.165, 1.54) is 55.3 Å². The van der Waals surface area contributed by atoms with Gasteiger partial charge in [0.2, 0.25) is 0 Å². The van der Waals surface area contributed by atoms with Gasteiger partial charge in [-0.25, -0.2) is 0 Å². The molecule has 1 aliphatic rings. The molecule has 0 radical (unpaired) electrons. The second-order valence-electron chi connectivity index (χ2n) is 8.94. The Kier molecular flexibility index (Phi) is 9.70. The largest absolute Gasteiger partial charge is 0.504 e. The number of nitrogens with zero attached hydrogens (tertiary/aromatic N) is 1. The van der Waals surface area contributed by atoms with Gasteiger partial charge in [-0.05, 0) is 99.9 Å². The lowest BCUT2D eigenvalue weighted by Crippen LogP contribution is -2.40. The fourth-order valence-electron chi connectivity index (χ4n) is 4.76. The zero-order chi connectivity index (χ0) is 21.9. The number of unbranched alkanes of at least 4 members (excludes halogenated alkanes) is 3. The molecule has 0 amide bonds. The first-order valence-corrected chi connectivity index (χ1v) is 12.2. The number of aromatic hydroxyl groups is 2. The van der Waals surface area contributed by atoms with E-state index < -0.39 is 0 Å². The lowest BCUT2D eigenvalue weighted by molar-refractivity contribution is 0.176. The molecule has 1 aliphatic carbocycles. The van der Waals surface area contributed by atoms with E-state index in [0.29, 0.717) is 6.04 Å². The molecule has 0 saturated heterocycles.